The van der Waals surface area contributed by atoms with Gasteiger partial charge in [-0.3, -0.25) is 0 Å². The third-order valence-corrected chi connectivity index (χ3v) is 3.35. The summed E-state index contributed by atoms with van der Waals surface area (Å²) in [7, 11) is 0. The van der Waals surface area contributed by atoms with E-state index in [2.05, 4.69) is 4.98 Å². The molecule has 0 amide bonds. The van der Waals surface area contributed by atoms with Crippen LogP contribution >= 0.6 is 23.8 Å². The number of benzene rings is 1. The van der Waals surface area contributed by atoms with Crippen LogP contribution < -0.4 is 0 Å². The molecule has 0 aliphatic heterocycles. The molecule has 1 atom stereocenters. The summed E-state index contributed by atoms with van der Waals surface area (Å²) in [6, 6.07) is 3.01. The molecule has 1 aromatic carbocycles. The fourth-order valence-corrected chi connectivity index (χ4v) is 2.47. The standard InChI is InChI=1S/C12H14ClFN2OS/c1-3-17-6-7(2)16-11-4-8(13)9(14)5-10(11)15-12(16)18/h4-5,7H,3,6H2,1-2H3,(H,15,18). The molecule has 1 N–H and O–H groups in total. The molecule has 18 heavy (non-hydrogen) atoms. The van der Waals surface area contributed by atoms with E-state index in [0.717, 1.165) is 5.52 Å². The summed E-state index contributed by atoms with van der Waals surface area (Å²) in [5.74, 6) is -0.454. The predicted molar refractivity (Wildman–Crippen MR) is 73.3 cm³/mol. The van der Waals surface area contributed by atoms with Gasteiger partial charge in [0.25, 0.3) is 0 Å². The molecule has 0 bridgehead atoms. The van der Waals surface area contributed by atoms with Crippen molar-refractivity contribution < 1.29 is 9.13 Å². The number of nitrogens with one attached hydrogen (secondary N) is 1. The van der Waals surface area contributed by atoms with Crippen molar-refractivity contribution in [2.45, 2.75) is 19.9 Å². The second-order valence-corrected chi connectivity index (χ2v) is 4.89. The summed E-state index contributed by atoms with van der Waals surface area (Å²) in [5, 5.41) is 0.0915. The van der Waals surface area contributed by atoms with Gasteiger partial charge in [-0.15, -0.1) is 0 Å². The van der Waals surface area contributed by atoms with Crippen LogP contribution in [0.3, 0.4) is 0 Å². The molecule has 0 saturated carbocycles. The first-order valence-corrected chi connectivity index (χ1v) is 6.50. The summed E-state index contributed by atoms with van der Waals surface area (Å²) in [4.78, 5) is 2.98. The molecule has 0 saturated heterocycles. The Morgan fingerprint density at radius 2 is 2.28 bits per heavy atom. The fraction of sp³-hybridized carbons (Fsp3) is 0.417. The lowest BCUT2D eigenvalue weighted by molar-refractivity contribution is 0.119. The van der Waals surface area contributed by atoms with Crippen LogP contribution in [0.25, 0.3) is 11.0 Å². The van der Waals surface area contributed by atoms with Crippen molar-refractivity contribution in [2.24, 2.45) is 0 Å². The third kappa shape index (κ3) is 2.43. The molecule has 0 spiro atoms. The Hall–Kier alpha value is -0.910. The van der Waals surface area contributed by atoms with Crippen molar-refractivity contribution in [3.8, 4) is 0 Å². The number of nitrogens with zero attached hydrogens (tertiary/aromatic N) is 1. The highest BCUT2D eigenvalue weighted by atomic mass is 35.5. The number of imidazole rings is 1. The van der Waals surface area contributed by atoms with Crippen molar-refractivity contribution in [1.29, 1.82) is 0 Å². The minimum absolute atomic E-state index is 0.0627. The van der Waals surface area contributed by atoms with Crippen LogP contribution in [0.1, 0.15) is 19.9 Å². The Balaban J connectivity index is 2.53. The van der Waals surface area contributed by atoms with E-state index in [9.17, 15) is 4.39 Å². The number of rotatable bonds is 4. The topological polar surface area (TPSA) is 29.9 Å². The van der Waals surface area contributed by atoms with E-state index in [1.54, 1.807) is 6.07 Å². The molecule has 2 aromatic rings. The van der Waals surface area contributed by atoms with Gasteiger partial charge in [0, 0.05) is 12.7 Å². The van der Waals surface area contributed by atoms with Gasteiger partial charge in [-0.05, 0) is 32.1 Å². The average Bonchev–Trinajstić information content (AvgIpc) is 2.62. The SMILES string of the molecule is CCOCC(C)n1c(=S)[nH]c2cc(F)c(Cl)cc21. The molecule has 0 fully saturated rings. The van der Waals surface area contributed by atoms with Crippen LogP contribution in [0, 0.1) is 10.6 Å². The Kier molecular flexibility index (Phi) is 4.04. The number of ether oxygens (including phenoxy) is 1. The maximum atomic E-state index is 13.4. The summed E-state index contributed by atoms with van der Waals surface area (Å²) in [6.45, 7) is 5.13. The zero-order chi connectivity index (χ0) is 13.3. The lowest BCUT2D eigenvalue weighted by Crippen LogP contribution is -2.12. The number of aromatic nitrogens is 2. The van der Waals surface area contributed by atoms with Crippen molar-refractivity contribution in [3.05, 3.63) is 27.7 Å². The zero-order valence-corrected chi connectivity index (χ0v) is 11.7. The molecule has 0 radical (unpaired) electrons. The van der Waals surface area contributed by atoms with Crippen molar-refractivity contribution >= 4 is 34.9 Å². The average molecular weight is 289 g/mol. The first kappa shape index (κ1) is 13.5. The summed E-state index contributed by atoms with van der Waals surface area (Å²) in [5.41, 5.74) is 1.43. The van der Waals surface area contributed by atoms with E-state index in [1.165, 1.54) is 6.07 Å². The largest absolute Gasteiger partial charge is 0.380 e. The first-order valence-electron chi connectivity index (χ1n) is 5.71. The van der Waals surface area contributed by atoms with Gasteiger partial charge >= 0.3 is 0 Å². The van der Waals surface area contributed by atoms with Crippen molar-refractivity contribution in [3.63, 3.8) is 0 Å². The number of halogens is 2. The quantitative estimate of drug-likeness (QED) is 0.859. The van der Waals surface area contributed by atoms with Gasteiger partial charge in [0.1, 0.15) is 5.82 Å². The van der Waals surface area contributed by atoms with Crippen LogP contribution in [-0.4, -0.2) is 22.8 Å². The minimum atomic E-state index is -0.454. The highest BCUT2D eigenvalue weighted by Gasteiger charge is 2.13. The molecular formula is C12H14ClFN2OS. The smallest absolute Gasteiger partial charge is 0.178 e. The lowest BCUT2D eigenvalue weighted by Gasteiger charge is -2.14. The van der Waals surface area contributed by atoms with Gasteiger partial charge in [0.15, 0.2) is 4.77 Å². The highest BCUT2D eigenvalue weighted by Crippen LogP contribution is 2.25. The summed E-state index contributed by atoms with van der Waals surface area (Å²) >= 11 is 11.1. The van der Waals surface area contributed by atoms with E-state index in [1.807, 2.05) is 18.4 Å². The first-order chi connectivity index (χ1) is 8.54. The van der Waals surface area contributed by atoms with Crippen LogP contribution in [0.5, 0.6) is 0 Å². The van der Waals surface area contributed by atoms with Crippen molar-refractivity contribution in [2.75, 3.05) is 13.2 Å². The number of hydrogen-bond acceptors (Lipinski definition) is 2. The molecule has 6 heteroatoms. The van der Waals surface area contributed by atoms with Gasteiger partial charge in [0.05, 0.1) is 28.7 Å². The fourth-order valence-electron chi connectivity index (χ4n) is 1.92. The molecule has 98 valence electrons. The van der Waals surface area contributed by atoms with E-state index in [4.69, 9.17) is 28.6 Å². The summed E-state index contributed by atoms with van der Waals surface area (Å²) in [6.07, 6.45) is 0. The number of fused-ring (bicyclic) bond motifs is 1. The number of H-pyrrole nitrogens is 1. The van der Waals surface area contributed by atoms with Gasteiger partial charge < -0.3 is 14.3 Å². The Bertz CT molecular complexity index is 622. The van der Waals surface area contributed by atoms with Crippen LogP contribution in [0.4, 0.5) is 4.39 Å². The van der Waals surface area contributed by atoms with E-state index >= 15 is 0 Å². The molecule has 0 aliphatic carbocycles. The number of aromatic amines is 1. The summed E-state index contributed by atoms with van der Waals surface area (Å²) < 4.78 is 21.2. The Morgan fingerprint density at radius 3 is 2.94 bits per heavy atom. The molecule has 3 nitrogen and oxygen atoms in total. The maximum absolute atomic E-state index is 13.4. The van der Waals surface area contributed by atoms with Gasteiger partial charge in [-0.1, -0.05) is 11.6 Å². The molecule has 1 aromatic heterocycles. The van der Waals surface area contributed by atoms with Gasteiger partial charge in [-0.25, -0.2) is 4.39 Å². The molecular weight excluding hydrogens is 275 g/mol. The van der Waals surface area contributed by atoms with E-state index < -0.39 is 5.82 Å². The maximum Gasteiger partial charge on any atom is 0.178 e. The monoisotopic (exact) mass is 288 g/mol. The molecule has 1 unspecified atom stereocenters. The molecule has 2 rings (SSSR count). The molecule has 0 aliphatic rings. The Labute approximate surface area is 115 Å². The van der Waals surface area contributed by atoms with Crippen molar-refractivity contribution in [1.82, 2.24) is 9.55 Å². The number of hydrogen-bond donors (Lipinski definition) is 1. The lowest BCUT2D eigenvalue weighted by atomic mass is 10.2. The van der Waals surface area contributed by atoms with Gasteiger partial charge in [0.2, 0.25) is 0 Å². The Morgan fingerprint density at radius 1 is 1.56 bits per heavy atom. The van der Waals surface area contributed by atoms with Crippen LogP contribution in [0.2, 0.25) is 5.02 Å². The predicted octanol–water partition coefficient (Wildman–Crippen LogP) is 4.09. The zero-order valence-electron chi connectivity index (χ0n) is 10.2. The minimum Gasteiger partial charge on any atom is -0.380 e. The highest BCUT2D eigenvalue weighted by molar-refractivity contribution is 7.71. The second kappa shape index (κ2) is 5.38. The van der Waals surface area contributed by atoms with E-state index in [-0.39, 0.29) is 11.1 Å². The third-order valence-electron chi connectivity index (χ3n) is 2.76. The van der Waals surface area contributed by atoms with Crippen LogP contribution in [-0.2, 0) is 4.74 Å². The second-order valence-electron chi connectivity index (χ2n) is 4.09. The van der Waals surface area contributed by atoms with Gasteiger partial charge in [-0.2, -0.15) is 0 Å². The normalized spacial score (nSPS) is 13.1. The van der Waals surface area contributed by atoms with E-state index in [0.29, 0.717) is 23.5 Å². The van der Waals surface area contributed by atoms with Crippen LogP contribution in [0.15, 0.2) is 12.1 Å². The molecule has 1 heterocycles.